The van der Waals surface area contributed by atoms with Crippen LogP contribution in [0.3, 0.4) is 0 Å². The molecule has 1 N–H and O–H groups in total. The Morgan fingerprint density at radius 1 is 1.42 bits per heavy atom. The number of hydrogen-bond acceptors (Lipinski definition) is 3. The molecular formula is C14H13F2NO2. The molecule has 5 heteroatoms. The lowest BCUT2D eigenvalue weighted by Gasteiger charge is -2.33. The third kappa shape index (κ3) is 1.75. The molecule has 2 saturated heterocycles. The summed E-state index contributed by atoms with van der Waals surface area (Å²) < 4.78 is 32.3. The Morgan fingerprint density at radius 2 is 2.21 bits per heavy atom. The third-order valence-electron chi connectivity index (χ3n) is 4.20. The van der Waals surface area contributed by atoms with Gasteiger partial charge in [0.25, 0.3) is 0 Å². The van der Waals surface area contributed by atoms with Crippen LogP contribution in [-0.4, -0.2) is 17.3 Å². The highest BCUT2D eigenvalue weighted by molar-refractivity contribution is 5.28. The molecule has 3 nitrogen and oxygen atoms in total. The normalized spacial score (nSPS) is 34.2. The lowest BCUT2D eigenvalue weighted by Crippen LogP contribution is -2.37. The number of aliphatic hydroxyl groups is 1. The number of rotatable bonds is 2. The summed E-state index contributed by atoms with van der Waals surface area (Å²) in [5, 5.41) is 19.8. The highest BCUT2D eigenvalue weighted by atomic mass is 19.1. The first-order valence-electron chi connectivity index (χ1n) is 6.26. The van der Waals surface area contributed by atoms with Crippen LogP contribution in [0.1, 0.15) is 30.9 Å². The smallest absolute Gasteiger partial charge is 0.131 e. The average molecular weight is 265 g/mol. The second-order valence-corrected chi connectivity index (χ2v) is 5.25. The van der Waals surface area contributed by atoms with E-state index in [1.807, 2.05) is 0 Å². The van der Waals surface area contributed by atoms with Gasteiger partial charge in [0.2, 0.25) is 0 Å². The van der Waals surface area contributed by atoms with Crippen molar-refractivity contribution in [1.29, 1.82) is 5.26 Å². The minimum atomic E-state index is -1.30. The Kier molecular flexibility index (Phi) is 2.80. The molecule has 100 valence electrons. The second-order valence-electron chi connectivity index (χ2n) is 5.25. The lowest BCUT2D eigenvalue weighted by molar-refractivity contribution is 0.00168. The predicted molar refractivity (Wildman–Crippen MR) is 61.9 cm³/mol. The van der Waals surface area contributed by atoms with Crippen LogP contribution in [0.15, 0.2) is 18.2 Å². The van der Waals surface area contributed by atoms with Gasteiger partial charge < -0.3 is 9.84 Å². The summed E-state index contributed by atoms with van der Waals surface area (Å²) in [4.78, 5) is 0. The number of fused-ring (bicyclic) bond motifs is 2. The highest BCUT2D eigenvalue weighted by Crippen LogP contribution is 2.54. The summed E-state index contributed by atoms with van der Waals surface area (Å²) in [7, 11) is 0. The van der Waals surface area contributed by atoms with Gasteiger partial charge in [0.15, 0.2) is 0 Å². The predicted octanol–water partition coefficient (Wildman–Crippen LogP) is 2.46. The van der Waals surface area contributed by atoms with E-state index in [1.54, 1.807) is 0 Å². The molecule has 4 atom stereocenters. The van der Waals surface area contributed by atoms with Gasteiger partial charge >= 0.3 is 0 Å². The summed E-state index contributed by atoms with van der Waals surface area (Å²) in [6.45, 7) is 0. The molecule has 2 heterocycles. The Labute approximate surface area is 109 Å². The lowest BCUT2D eigenvalue weighted by atomic mass is 9.69. The first kappa shape index (κ1) is 12.5. The van der Waals surface area contributed by atoms with E-state index in [2.05, 4.69) is 6.07 Å². The van der Waals surface area contributed by atoms with Gasteiger partial charge in [0.1, 0.15) is 23.2 Å². The number of ether oxygens (including phenoxy) is 1. The van der Waals surface area contributed by atoms with Gasteiger partial charge in [-0.3, -0.25) is 0 Å². The van der Waals surface area contributed by atoms with Crippen LogP contribution >= 0.6 is 0 Å². The van der Waals surface area contributed by atoms with Crippen LogP contribution in [0, 0.1) is 28.4 Å². The molecule has 0 amide bonds. The Hall–Kier alpha value is -1.51. The minimum absolute atomic E-state index is 0.0391. The second kappa shape index (κ2) is 4.26. The van der Waals surface area contributed by atoms with E-state index in [0.29, 0.717) is 12.8 Å². The van der Waals surface area contributed by atoms with Crippen molar-refractivity contribution in [2.24, 2.45) is 5.41 Å². The van der Waals surface area contributed by atoms with Gasteiger partial charge in [-0.1, -0.05) is 6.07 Å². The fourth-order valence-electron chi connectivity index (χ4n) is 3.21. The standard InChI is InChI=1S/C14H13F2NO2/c15-8-1-3-10(11(16)5-8)13(18)14(7-17)6-9-2-4-12(14)19-9/h1,3,5,9,12-13,18H,2,4,6H2. The number of benzene rings is 1. The summed E-state index contributed by atoms with van der Waals surface area (Å²) in [5.74, 6) is -1.53. The Bertz CT molecular complexity index is 557. The van der Waals surface area contributed by atoms with E-state index in [4.69, 9.17) is 4.74 Å². The van der Waals surface area contributed by atoms with Crippen LogP contribution < -0.4 is 0 Å². The molecule has 0 aliphatic carbocycles. The van der Waals surface area contributed by atoms with E-state index in [1.165, 1.54) is 6.07 Å². The zero-order chi connectivity index (χ0) is 13.6. The minimum Gasteiger partial charge on any atom is -0.387 e. The van der Waals surface area contributed by atoms with Crippen molar-refractivity contribution >= 4 is 0 Å². The number of halogens is 2. The molecule has 1 aromatic rings. The molecule has 2 bridgehead atoms. The van der Waals surface area contributed by atoms with Crippen LogP contribution in [-0.2, 0) is 4.74 Å². The SMILES string of the molecule is N#CC1(C(O)c2ccc(F)cc2F)CC2CCC1O2. The maximum atomic E-state index is 13.8. The van der Waals surface area contributed by atoms with Crippen molar-refractivity contribution in [1.82, 2.24) is 0 Å². The van der Waals surface area contributed by atoms with E-state index < -0.39 is 23.2 Å². The molecule has 0 radical (unpaired) electrons. The topological polar surface area (TPSA) is 53.2 Å². The fraction of sp³-hybridized carbons (Fsp3) is 0.500. The molecular weight excluding hydrogens is 252 g/mol. The number of aliphatic hydroxyl groups excluding tert-OH is 1. The zero-order valence-electron chi connectivity index (χ0n) is 10.1. The third-order valence-corrected chi connectivity index (χ3v) is 4.20. The van der Waals surface area contributed by atoms with Gasteiger partial charge in [-0.2, -0.15) is 5.26 Å². The van der Waals surface area contributed by atoms with Crippen molar-refractivity contribution in [2.45, 2.75) is 37.6 Å². The molecule has 2 fully saturated rings. The van der Waals surface area contributed by atoms with Crippen molar-refractivity contribution in [2.75, 3.05) is 0 Å². The zero-order valence-corrected chi connectivity index (χ0v) is 10.1. The number of hydrogen-bond donors (Lipinski definition) is 1. The monoisotopic (exact) mass is 265 g/mol. The van der Waals surface area contributed by atoms with Crippen LogP contribution in [0.5, 0.6) is 0 Å². The van der Waals surface area contributed by atoms with E-state index >= 15 is 0 Å². The molecule has 0 spiro atoms. The molecule has 2 aliphatic rings. The maximum absolute atomic E-state index is 13.8. The molecule has 0 saturated carbocycles. The van der Waals surface area contributed by atoms with Gasteiger partial charge in [-0.25, -0.2) is 8.78 Å². The summed E-state index contributed by atoms with van der Waals surface area (Å²) in [6.07, 6.45) is 0.245. The molecule has 1 aromatic carbocycles. The highest BCUT2D eigenvalue weighted by Gasteiger charge is 2.57. The molecule has 0 aromatic heterocycles. The van der Waals surface area contributed by atoms with Crippen LogP contribution in [0.4, 0.5) is 8.78 Å². The molecule has 3 rings (SSSR count). The Balaban J connectivity index is 1.99. The largest absolute Gasteiger partial charge is 0.387 e. The van der Waals surface area contributed by atoms with Gasteiger partial charge in [0, 0.05) is 11.6 Å². The van der Waals surface area contributed by atoms with Crippen molar-refractivity contribution in [3.63, 3.8) is 0 Å². The van der Waals surface area contributed by atoms with Crippen LogP contribution in [0.25, 0.3) is 0 Å². The first-order chi connectivity index (χ1) is 9.06. The fourth-order valence-corrected chi connectivity index (χ4v) is 3.21. The van der Waals surface area contributed by atoms with E-state index in [-0.39, 0.29) is 17.8 Å². The molecule has 4 unspecified atom stereocenters. The summed E-state index contributed by atoms with van der Waals surface area (Å²) in [5.41, 5.74) is -1.17. The van der Waals surface area contributed by atoms with E-state index in [9.17, 15) is 19.1 Å². The van der Waals surface area contributed by atoms with Gasteiger partial charge in [-0.05, 0) is 25.3 Å². The first-order valence-corrected chi connectivity index (χ1v) is 6.26. The average Bonchev–Trinajstić information content (AvgIpc) is 2.98. The Morgan fingerprint density at radius 3 is 2.74 bits per heavy atom. The summed E-state index contributed by atoms with van der Waals surface area (Å²) in [6, 6.07) is 5.11. The van der Waals surface area contributed by atoms with E-state index in [0.717, 1.165) is 18.6 Å². The molecule has 2 aliphatic heterocycles. The van der Waals surface area contributed by atoms with Crippen LogP contribution in [0.2, 0.25) is 0 Å². The quantitative estimate of drug-likeness (QED) is 0.893. The summed E-state index contributed by atoms with van der Waals surface area (Å²) >= 11 is 0. The van der Waals surface area contributed by atoms with Gasteiger partial charge in [0.05, 0.1) is 18.3 Å². The van der Waals surface area contributed by atoms with Crippen molar-refractivity contribution in [3.8, 4) is 6.07 Å². The maximum Gasteiger partial charge on any atom is 0.131 e. The number of nitriles is 1. The molecule has 19 heavy (non-hydrogen) atoms. The van der Waals surface area contributed by atoms with Crippen molar-refractivity contribution in [3.05, 3.63) is 35.4 Å². The number of nitrogens with zero attached hydrogens (tertiary/aromatic N) is 1. The van der Waals surface area contributed by atoms with Crippen molar-refractivity contribution < 1.29 is 18.6 Å². The van der Waals surface area contributed by atoms with Gasteiger partial charge in [-0.15, -0.1) is 0 Å².